The van der Waals surface area contributed by atoms with E-state index in [0.29, 0.717) is 10.7 Å². The number of hydrogen-bond acceptors (Lipinski definition) is 1. The van der Waals surface area contributed by atoms with Gasteiger partial charge in [0.05, 0.1) is 10.7 Å². The summed E-state index contributed by atoms with van der Waals surface area (Å²) in [6.07, 6.45) is 0. The molecule has 1 rings (SSSR count). The monoisotopic (exact) mass is 299 g/mol. The minimum absolute atomic E-state index is 0.000556. The summed E-state index contributed by atoms with van der Waals surface area (Å²) < 4.78 is 0. The molecule has 20 heavy (non-hydrogen) atoms. The first kappa shape index (κ1) is 21.3. The lowest BCUT2D eigenvalue weighted by Gasteiger charge is -2.26. The van der Waals surface area contributed by atoms with Gasteiger partial charge in [-0.25, -0.2) is 0 Å². The summed E-state index contributed by atoms with van der Waals surface area (Å²) in [7, 11) is 0. The van der Waals surface area contributed by atoms with Crippen molar-refractivity contribution in [2.24, 2.45) is 11.3 Å². The summed E-state index contributed by atoms with van der Waals surface area (Å²) in [5.41, 5.74) is 0.621. The summed E-state index contributed by atoms with van der Waals surface area (Å²) in [6, 6.07) is 7.25. The van der Waals surface area contributed by atoms with Gasteiger partial charge in [0.25, 0.3) is 0 Å². The Labute approximate surface area is 129 Å². The predicted octanol–water partition coefficient (Wildman–Crippen LogP) is 6.01. The zero-order valence-corrected chi connectivity index (χ0v) is 14.9. The molecule has 0 aliphatic heterocycles. The lowest BCUT2D eigenvalue weighted by atomic mass is 9.81. The lowest BCUT2D eigenvalue weighted by molar-refractivity contribution is -0.122. The number of benzene rings is 1. The van der Waals surface area contributed by atoms with E-state index in [1.54, 1.807) is 12.1 Å². The zero-order chi connectivity index (χ0) is 16.3. The van der Waals surface area contributed by atoms with Crippen LogP contribution in [-0.2, 0) is 4.79 Å². The van der Waals surface area contributed by atoms with Crippen LogP contribution in [0.4, 0.5) is 5.69 Å². The molecule has 0 aliphatic carbocycles. The maximum atomic E-state index is 11.9. The van der Waals surface area contributed by atoms with Crippen molar-refractivity contribution in [2.45, 2.75) is 55.4 Å². The van der Waals surface area contributed by atoms with Crippen LogP contribution in [0.25, 0.3) is 0 Å². The Hall–Kier alpha value is -1.02. The lowest BCUT2D eigenvalue weighted by Crippen LogP contribution is -2.30. The quantitative estimate of drug-likeness (QED) is 0.711. The van der Waals surface area contributed by atoms with Crippen molar-refractivity contribution in [1.82, 2.24) is 0 Å². The van der Waals surface area contributed by atoms with Crippen LogP contribution in [0.5, 0.6) is 0 Å². The average Bonchev–Trinajstić information content (AvgIpc) is 2.44. The van der Waals surface area contributed by atoms with Gasteiger partial charge < -0.3 is 5.32 Å². The molecule has 1 aromatic carbocycles. The Morgan fingerprint density at radius 1 is 1.10 bits per heavy atom. The molecule has 1 atom stereocenters. The van der Waals surface area contributed by atoms with E-state index in [1.165, 1.54) is 0 Å². The number of nitrogens with one attached hydrogen (secondary N) is 1. The van der Waals surface area contributed by atoms with Crippen molar-refractivity contribution in [2.75, 3.05) is 5.32 Å². The topological polar surface area (TPSA) is 29.1 Å². The number of anilines is 1. The highest BCUT2D eigenvalue weighted by molar-refractivity contribution is 6.33. The predicted molar refractivity (Wildman–Crippen MR) is 91.4 cm³/mol. The molecule has 1 unspecified atom stereocenters. The Balaban J connectivity index is 0. The van der Waals surface area contributed by atoms with Crippen molar-refractivity contribution in [1.29, 1.82) is 0 Å². The van der Waals surface area contributed by atoms with Gasteiger partial charge in [0, 0.05) is 5.92 Å². The molecule has 0 fully saturated rings. The molecule has 2 nitrogen and oxygen atoms in total. The molecule has 0 radical (unpaired) electrons. The second kappa shape index (κ2) is 10.7. The first-order chi connectivity index (χ1) is 9.32. The smallest absolute Gasteiger partial charge is 0.227 e. The van der Waals surface area contributed by atoms with Crippen LogP contribution in [0.1, 0.15) is 55.4 Å². The van der Waals surface area contributed by atoms with Gasteiger partial charge in [0.1, 0.15) is 0 Å². The molecule has 0 spiro atoms. The van der Waals surface area contributed by atoms with E-state index in [9.17, 15) is 4.79 Å². The van der Waals surface area contributed by atoms with Crippen LogP contribution in [0.2, 0.25) is 5.02 Å². The Bertz CT molecular complexity index is 383. The molecule has 0 saturated heterocycles. The van der Waals surface area contributed by atoms with Gasteiger partial charge in [-0.1, -0.05) is 79.1 Å². The van der Waals surface area contributed by atoms with E-state index in [2.05, 4.69) is 5.32 Å². The van der Waals surface area contributed by atoms with Crippen LogP contribution in [0.15, 0.2) is 24.3 Å². The second-order valence-electron chi connectivity index (χ2n) is 5.06. The van der Waals surface area contributed by atoms with Gasteiger partial charge in [0.15, 0.2) is 0 Å². The van der Waals surface area contributed by atoms with Crippen LogP contribution >= 0.6 is 11.6 Å². The molecule has 0 aliphatic rings. The van der Waals surface area contributed by atoms with E-state index < -0.39 is 0 Å². The molecule has 3 heteroatoms. The number of rotatable bonds is 2. The molecule has 0 aromatic heterocycles. The third kappa shape index (κ3) is 7.54. The SMILES string of the molecule is CC.CC.CC(C(=O)Nc1ccccc1Cl)C(C)(C)C. The van der Waals surface area contributed by atoms with Gasteiger partial charge in [0.2, 0.25) is 5.91 Å². The fourth-order valence-corrected chi connectivity index (χ4v) is 1.38. The molecule has 0 saturated carbocycles. The first-order valence-corrected chi connectivity index (χ1v) is 7.75. The maximum absolute atomic E-state index is 11.9. The minimum Gasteiger partial charge on any atom is -0.325 e. The Morgan fingerprint density at radius 2 is 1.55 bits per heavy atom. The van der Waals surface area contributed by atoms with Crippen LogP contribution < -0.4 is 5.32 Å². The van der Waals surface area contributed by atoms with Gasteiger partial charge in [-0.15, -0.1) is 0 Å². The van der Waals surface area contributed by atoms with Crippen molar-refractivity contribution >= 4 is 23.2 Å². The van der Waals surface area contributed by atoms with Crippen LogP contribution in [0.3, 0.4) is 0 Å². The maximum Gasteiger partial charge on any atom is 0.227 e. The summed E-state index contributed by atoms with van der Waals surface area (Å²) in [5.74, 6) is -0.0654. The van der Waals surface area contributed by atoms with E-state index in [1.807, 2.05) is 67.5 Å². The van der Waals surface area contributed by atoms with Crippen molar-refractivity contribution < 1.29 is 4.79 Å². The molecule has 0 heterocycles. The van der Waals surface area contributed by atoms with E-state index in [-0.39, 0.29) is 17.2 Å². The normalized spacial score (nSPS) is 11.2. The average molecular weight is 300 g/mol. The van der Waals surface area contributed by atoms with Crippen LogP contribution in [-0.4, -0.2) is 5.91 Å². The molecular weight excluding hydrogens is 270 g/mol. The standard InChI is InChI=1S/C13H18ClNO.2C2H6/c1-9(13(2,3)4)12(16)15-11-8-6-5-7-10(11)14;2*1-2/h5-9H,1-4H3,(H,15,16);2*1-2H3. The number of hydrogen-bond donors (Lipinski definition) is 1. The highest BCUT2D eigenvalue weighted by Crippen LogP contribution is 2.28. The molecule has 1 amide bonds. The van der Waals surface area contributed by atoms with Crippen molar-refractivity contribution in [3.63, 3.8) is 0 Å². The number of para-hydroxylation sites is 1. The Kier molecular flexibility index (Phi) is 11.4. The third-order valence-electron chi connectivity index (χ3n) is 2.82. The number of halogens is 1. The van der Waals surface area contributed by atoms with E-state index in [0.717, 1.165) is 0 Å². The number of carbonyl (C=O) groups excluding carboxylic acids is 1. The number of amides is 1. The highest BCUT2D eigenvalue weighted by Gasteiger charge is 2.26. The summed E-state index contributed by atoms with van der Waals surface area (Å²) in [4.78, 5) is 11.9. The summed E-state index contributed by atoms with van der Waals surface area (Å²) in [6.45, 7) is 16.1. The largest absolute Gasteiger partial charge is 0.325 e. The van der Waals surface area contributed by atoms with E-state index in [4.69, 9.17) is 11.6 Å². The van der Waals surface area contributed by atoms with Gasteiger partial charge >= 0.3 is 0 Å². The highest BCUT2D eigenvalue weighted by atomic mass is 35.5. The molecule has 1 aromatic rings. The fraction of sp³-hybridized carbons (Fsp3) is 0.588. The fourth-order valence-electron chi connectivity index (χ4n) is 1.20. The Morgan fingerprint density at radius 3 is 1.95 bits per heavy atom. The van der Waals surface area contributed by atoms with Crippen molar-refractivity contribution in [3.05, 3.63) is 29.3 Å². The third-order valence-corrected chi connectivity index (χ3v) is 3.15. The molecule has 0 bridgehead atoms. The first-order valence-electron chi connectivity index (χ1n) is 7.38. The van der Waals surface area contributed by atoms with E-state index >= 15 is 0 Å². The van der Waals surface area contributed by atoms with Gasteiger partial charge in [-0.2, -0.15) is 0 Å². The molecule has 116 valence electrons. The molecular formula is C17H30ClNO. The van der Waals surface area contributed by atoms with Gasteiger partial charge in [-0.05, 0) is 17.5 Å². The summed E-state index contributed by atoms with van der Waals surface area (Å²) in [5, 5.41) is 3.41. The zero-order valence-electron chi connectivity index (χ0n) is 14.2. The number of carbonyl (C=O) groups is 1. The van der Waals surface area contributed by atoms with Gasteiger partial charge in [-0.3, -0.25) is 4.79 Å². The minimum atomic E-state index is -0.0660. The summed E-state index contributed by atoms with van der Waals surface area (Å²) >= 11 is 5.97. The second-order valence-corrected chi connectivity index (χ2v) is 5.46. The van der Waals surface area contributed by atoms with Crippen molar-refractivity contribution in [3.8, 4) is 0 Å². The molecule has 1 N–H and O–H groups in total. The van der Waals surface area contributed by atoms with Crippen LogP contribution in [0, 0.1) is 11.3 Å².